The van der Waals surface area contributed by atoms with Crippen molar-refractivity contribution in [3.05, 3.63) is 27.1 Å². The lowest BCUT2D eigenvalue weighted by Crippen LogP contribution is -1.89. The molecule has 1 aromatic heterocycles. The first-order valence-corrected chi connectivity index (χ1v) is 4.11. The molecule has 0 spiro atoms. The van der Waals surface area contributed by atoms with Crippen molar-refractivity contribution in [3.63, 3.8) is 0 Å². The third kappa shape index (κ3) is 2.14. The van der Waals surface area contributed by atoms with Crippen LogP contribution in [0.25, 0.3) is 0 Å². The van der Waals surface area contributed by atoms with Crippen LogP contribution in [0.15, 0.2) is 17.4 Å². The smallest absolute Gasteiger partial charge is 0.104 e. The summed E-state index contributed by atoms with van der Waals surface area (Å²) in [4.78, 5) is 4.08. The zero-order valence-electron chi connectivity index (χ0n) is 5.95. The maximum Gasteiger partial charge on any atom is 0.104 e. The number of pyridine rings is 1. The van der Waals surface area contributed by atoms with Gasteiger partial charge in [0.1, 0.15) is 3.70 Å². The fourth-order valence-corrected chi connectivity index (χ4v) is 1.01. The third-order valence-corrected chi connectivity index (χ3v) is 2.37. The largest absolute Gasteiger partial charge is 0.411 e. The molecule has 0 aliphatic rings. The summed E-state index contributed by atoms with van der Waals surface area (Å²) >= 11 is 2.15. The molecule has 1 aromatic rings. The maximum atomic E-state index is 8.22. The summed E-state index contributed by atoms with van der Waals surface area (Å²) in [6.45, 7) is 1.96. The minimum absolute atomic E-state index is 0.811. The van der Waals surface area contributed by atoms with Crippen molar-refractivity contribution in [2.75, 3.05) is 0 Å². The lowest BCUT2D eigenvalue weighted by Gasteiger charge is -1.96. The fourth-order valence-electron chi connectivity index (χ4n) is 0.717. The Bertz CT molecular complexity index is 286. The van der Waals surface area contributed by atoms with E-state index in [9.17, 15) is 0 Å². The number of halogens is 1. The van der Waals surface area contributed by atoms with Crippen LogP contribution in [0.1, 0.15) is 11.1 Å². The molecule has 0 atom stereocenters. The molecule has 0 saturated carbocycles. The first kappa shape index (κ1) is 8.45. The molecule has 0 amide bonds. The molecule has 0 fully saturated rings. The van der Waals surface area contributed by atoms with Crippen LogP contribution in [0.4, 0.5) is 0 Å². The van der Waals surface area contributed by atoms with Crippen LogP contribution in [0.5, 0.6) is 0 Å². The highest BCUT2D eigenvalue weighted by atomic mass is 127. The topological polar surface area (TPSA) is 45.5 Å². The minimum Gasteiger partial charge on any atom is -0.411 e. The van der Waals surface area contributed by atoms with Gasteiger partial charge in [0.15, 0.2) is 0 Å². The SMILES string of the molecule is Cc1cc(/C=N/O)cnc1I. The Labute approximate surface area is 78.3 Å². The number of aryl methyl sites for hydroxylation is 1. The molecule has 0 unspecified atom stereocenters. The fraction of sp³-hybridized carbons (Fsp3) is 0.143. The van der Waals surface area contributed by atoms with E-state index >= 15 is 0 Å². The van der Waals surface area contributed by atoms with Crippen molar-refractivity contribution in [2.24, 2.45) is 5.16 Å². The summed E-state index contributed by atoms with van der Waals surface area (Å²) in [5.41, 5.74) is 1.90. The van der Waals surface area contributed by atoms with Crippen molar-refractivity contribution in [1.82, 2.24) is 4.98 Å². The monoisotopic (exact) mass is 262 g/mol. The molecule has 3 nitrogen and oxygen atoms in total. The minimum atomic E-state index is 0.811. The molecule has 11 heavy (non-hydrogen) atoms. The van der Waals surface area contributed by atoms with Crippen LogP contribution in [0.2, 0.25) is 0 Å². The molecule has 1 heterocycles. The summed E-state index contributed by atoms with van der Waals surface area (Å²) in [5, 5.41) is 11.1. The van der Waals surface area contributed by atoms with E-state index in [0.29, 0.717) is 0 Å². The molecule has 0 saturated heterocycles. The van der Waals surface area contributed by atoms with Gasteiger partial charge in [-0.1, -0.05) is 5.16 Å². The van der Waals surface area contributed by atoms with E-state index in [1.54, 1.807) is 6.20 Å². The lowest BCUT2D eigenvalue weighted by molar-refractivity contribution is 0.322. The third-order valence-electron chi connectivity index (χ3n) is 1.24. The molecular formula is C7H7IN2O. The Kier molecular flexibility index (Phi) is 2.81. The normalized spacial score (nSPS) is 10.7. The lowest BCUT2D eigenvalue weighted by atomic mass is 10.2. The van der Waals surface area contributed by atoms with Gasteiger partial charge in [0.05, 0.1) is 6.21 Å². The van der Waals surface area contributed by atoms with Gasteiger partial charge in [-0.2, -0.15) is 0 Å². The van der Waals surface area contributed by atoms with Crippen molar-refractivity contribution >= 4 is 28.8 Å². The van der Waals surface area contributed by atoms with Gasteiger partial charge in [0.25, 0.3) is 0 Å². The summed E-state index contributed by atoms with van der Waals surface area (Å²) in [6.07, 6.45) is 3.02. The van der Waals surface area contributed by atoms with Crippen LogP contribution in [0.3, 0.4) is 0 Å². The first-order chi connectivity index (χ1) is 5.24. The molecule has 0 bridgehead atoms. The highest BCUT2D eigenvalue weighted by Gasteiger charge is 1.95. The number of oxime groups is 1. The average Bonchev–Trinajstić information content (AvgIpc) is 1.98. The van der Waals surface area contributed by atoms with Crippen molar-refractivity contribution in [3.8, 4) is 0 Å². The molecule has 1 N–H and O–H groups in total. The Morgan fingerprint density at radius 1 is 1.73 bits per heavy atom. The summed E-state index contributed by atoms with van der Waals surface area (Å²) in [6, 6.07) is 1.91. The summed E-state index contributed by atoms with van der Waals surface area (Å²) in [7, 11) is 0. The second kappa shape index (κ2) is 3.66. The van der Waals surface area contributed by atoms with Gasteiger partial charge in [-0.25, -0.2) is 4.98 Å². The number of rotatable bonds is 1. The first-order valence-electron chi connectivity index (χ1n) is 3.03. The molecule has 0 aliphatic heterocycles. The van der Waals surface area contributed by atoms with Crippen LogP contribution < -0.4 is 0 Å². The van der Waals surface area contributed by atoms with E-state index in [0.717, 1.165) is 14.8 Å². The Morgan fingerprint density at radius 2 is 2.45 bits per heavy atom. The van der Waals surface area contributed by atoms with Gasteiger partial charge in [0.2, 0.25) is 0 Å². The number of nitrogens with zero attached hydrogens (tertiary/aromatic N) is 2. The number of aromatic nitrogens is 1. The van der Waals surface area contributed by atoms with Crippen molar-refractivity contribution in [2.45, 2.75) is 6.92 Å². The molecule has 0 aliphatic carbocycles. The van der Waals surface area contributed by atoms with Gasteiger partial charge in [-0.3, -0.25) is 0 Å². The standard InChI is InChI=1S/C7H7IN2O/c1-5-2-6(4-10-11)3-9-7(5)8/h2-4,11H,1H3/b10-4+. The predicted molar refractivity (Wildman–Crippen MR) is 51.1 cm³/mol. The second-order valence-corrected chi connectivity index (χ2v) is 3.14. The highest BCUT2D eigenvalue weighted by Crippen LogP contribution is 2.08. The molecule has 0 aromatic carbocycles. The van der Waals surface area contributed by atoms with Crippen LogP contribution >= 0.6 is 22.6 Å². The molecule has 4 heteroatoms. The van der Waals surface area contributed by atoms with Gasteiger partial charge < -0.3 is 5.21 Å². The van der Waals surface area contributed by atoms with E-state index in [-0.39, 0.29) is 0 Å². The highest BCUT2D eigenvalue weighted by molar-refractivity contribution is 14.1. The predicted octanol–water partition coefficient (Wildman–Crippen LogP) is 1.80. The molecule has 58 valence electrons. The van der Waals surface area contributed by atoms with Gasteiger partial charge in [-0.05, 0) is 41.1 Å². The van der Waals surface area contributed by atoms with Crippen LogP contribution in [-0.4, -0.2) is 16.4 Å². The van der Waals surface area contributed by atoms with Crippen LogP contribution in [-0.2, 0) is 0 Å². The Hall–Kier alpha value is -0.650. The van der Waals surface area contributed by atoms with Gasteiger partial charge in [0, 0.05) is 11.8 Å². The van der Waals surface area contributed by atoms with Crippen molar-refractivity contribution < 1.29 is 5.21 Å². The molecule has 0 radical (unpaired) electrons. The summed E-state index contributed by atoms with van der Waals surface area (Å²) < 4.78 is 0.970. The Morgan fingerprint density at radius 3 is 3.00 bits per heavy atom. The zero-order valence-corrected chi connectivity index (χ0v) is 8.11. The maximum absolute atomic E-state index is 8.22. The van der Waals surface area contributed by atoms with E-state index in [2.05, 4.69) is 32.7 Å². The average molecular weight is 262 g/mol. The number of hydrogen-bond acceptors (Lipinski definition) is 3. The Balaban J connectivity index is 3.05. The zero-order chi connectivity index (χ0) is 8.27. The van der Waals surface area contributed by atoms with E-state index in [1.807, 2.05) is 13.0 Å². The van der Waals surface area contributed by atoms with E-state index < -0.39 is 0 Å². The molecule has 1 rings (SSSR count). The van der Waals surface area contributed by atoms with Crippen LogP contribution in [0, 0.1) is 10.6 Å². The van der Waals surface area contributed by atoms with E-state index in [4.69, 9.17) is 5.21 Å². The molecular weight excluding hydrogens is 255 g/mol. The van der Waals surface area contributed by atoms with Gasteiger partial charge >= 0.3 is 0 Å². The van der Waals surface area contributed by atoms with Crippen molar-refractivity contribution in [1.29, 1.82) is 0 Å². The number of hydrogen-bond donors (Lipinski definition) is 1. The van der Waals surface area contributed by atoms with E-state index in [1.165, 1.54) is 6.21 Å². The quantitative estimate of drug-likeness (QED) is 0.276. The summed E-state index contributed by atoms with van der Waals surface area (Å²) in [5.74, 6) is 0. The van der Waals surface area contributed by atoms with Gasteiger partial charge in [-0.15, -0.1) is 0 Å². The second-order valence-electron chi connectivity index (χ2n) is 2.12.